The molecule has 2 heterocycles. The molecule has 100 valence electrons. The molecule has 0 amide bonds. The molecule has 6 heteroatoms. The number of pyridine rings is 1. The van der Waals surface area contributed by atoms with Crippen LogP contribution in [0.5, 0.6) is 5.88 Å². The molecule has 2 aromatic rings. The van der Waals surface area contributed by atoms with E-state index in [4.69, 9.17) is 9.26 Å². The van der Waals surface area contributed by atoms with Crippen molar-refractivity contribution in [3.63, 3.8) is 0 Å². The van der Waals surface area contributed by atoms with Gasteiger partial charge in [0.1, 0.15) is 0 Å². The molecule has 0 spiro atoms. The lowest BCUT2D eigenvalue weighted by molar-refractivity contribution is 0.367. The maximum absolute atomic E-state index is 5.20. The highest BCUT2D eigenvalue weighted by atomic mass is 16.5. The van der Waals surface area contributed by atoms with Crippen LogP contribution in [0.15, 0.2) is 22.9 Å². The molecule has 0 bridgehead atoms. The van der Waals surface area contributed by atoms with Gasteiger partial charge in [-0.25, -0.2) is 4.98 Å². The van der Waals surface area contributed by atoms with Gasteiger partial charge in [-0.05, 0) is 31.4 Å². The van der Waals surface area contributed by atoms with Crippen molar-refractivity contribution in [2.75, 3.05) is 13.7 Å². The highest BCUT2D eigenvalue weighted by Gasteiger charge is 2.20. The van der Waals surface area contributed by atoms with Gasteiger partial charge in [0.2, 0.25) is 17.6 Å². The first-order valence-corrected chi connectivity index (χ1v) is 6.39. The average Bonchev–Trinajstić information content (AvgIpc) is 3.15. The van der Waals surface area contributed by atoms with Crippen LogP contribution in [-0.4, -0.2) is 28.8 Å². The van der Waals surface area contributed by atoms with Gasteiger partial charge in [-0.2, -0.15) is 4.98 Å². The molecular formula is C13H16N4O2. The largest absolute Gasteiger partial charge is 0.481 e. The highest BCUT2D eigenvalue weighted by Crippen LogP contribution is 2.27. The first-order chi connectivity index (χ1) is 9.35. The number of ether oxygens (including phenoxy) is 1. The Labute approximate surface area is 111 Å². The number of rotatable bonds is 6. The Kier molecular flexibility index (Phi) is 3.41. The van der Waals surface area contributed by atoms with Crippen molar-refractivity contribution < 1.29 is 9.26 Å². The van der Waals surface area contributed by atoms with Gasteiger partial charge in [0, 0.05) is 17.8 Å². The first-order valence-electron chi connectivity index (χ1n) is 6.39. The van der Waals surface area contributed by atoms with Gasteiger partial charge in [-0.1, -0.05) is 5.16 Å². The van der Waals surface area contributed by atoms with Crippen LogP contribution < -0.4 is 10.1 Å². The molecule has 19 heavy (non-hydrogen) atoms. The van der Waals surface area contributed by atoms with Gasteiger partial charge < -0.3 is 14.6 Å². The molecule has 1 aliphatic carbocycles. The lowest BCUT2D eigenvalue weighted by atomic mass is 10.3. The minimum absolute atomic E-state index is 0.554. The van der Waals surface area contributed by atoms with Gasteiger partial charge in [0.05, 0.1) is 13.7 Å². The number of methoxy groups -OCH3 is 1. The second-order valence-electron chi connectivity index (χ2n) is 4.68. The third kappa shape index (κ3) is 3.08. The van der Waals surface area contributed by atoms with Crippen LogP contribution in [0, 0.1) is 5.92 Å². The van der Waals surface area contributed by atoms with Gasteiger partial charge in [-0.15, -0.1) is 0 Å². The molecule has 6 nitrogen and oxygen atoms in total. The fraction of sp³-hybridized carbons (Fsp3) is 0.462. The third-order valence-electron chi connectivity index (χ3n) is 3.08. The maximum Gasteiger partial charge on any atom is 0.240 e. The van der Waals surface area contributed by atoms with E-state index < -0.39 is 0 Å². The van der Waals surface area contributed by atoms with E-state index in [9.17, 15) is 0 Å². The second-order valence-corrected chi connectivity index (χ2v) is 4.68. The van der Waals surface area contributed by atoms with Gasteiger partial charge >= 0.3 is 0 Å². The van der Waals surface area contributed by atoms with Crippen LogP contribution >= 0.6 is 0 Å². The highest BCUT2D eigenvalue weighted by molar-refractivity contribution is 5.52. The lowest BCUT2D eigenvalue weighted by Gasteiger charge is -1.98. The van der Waals surface area contributed by atoms with Crippen molar-refractivity contribution in [3.05, 3.63) is 24.2 Å². The zero-order valence-corrected chi connectivity index (χ0v) is 10.8. The van der Waals surface area contributed by atoms with Crippen LogP contribution in [0.4, 0.5) is 0 Å². The summed E-state index contributed by atoms with van der Waals surface area (Å²) in [4.78, 5) is 8.45. The summed E-state index contributed by atoms with van der Waals surface area (Å²) >= 11 is 0. The molecule has 0 aromatic carbocycles. The van der Waals surface area contributed by atoms with Crippen LogP contribution in [-0.2, 0) is 6.54 Å². The summed E-state index contributed by atoms with van der Waals surface area (Å²) in [6.07, 6.45) is 4.34. The molecule has 1 fully saturated rings. The molecule has 0 aliphatic heterocycles. The first kappa shape index (κ1) is 12.1. The van der Waals surface area contributed by atoms with Crippen molar-refractivity contribution in [1.82, 2.24) is 20.4 Å². The molecular weight excluding hydrogens is 244 g/mol. The third-order valence-corrected chi connectivity index (χ3v) is 3.08. The van der Waals surface area contributed by atoms with E-state index in [-0.39, 0.29) is 0 Å². The number of nitrogens with zero attached hydrogens (tertiary/aromatic N) is 3. The van der Waals surface area contributed by atoms with E-state index >= 15 is 0 Å². The van der Waals surface area contributed by atoms with Gasteiger partial charge in [-0.3, -0.25) is 0 Å². The van der Waals surface area contributed by atoms with E-state index in [1.54, 1.807) is 19.4 Å². The summed E-state index contributed by atoms with van der Waals surface area (Å²) in [6, 6.07) is 3.63. The van der Waals surface area contributed by atoms with Crippen LogP contribution in [0.25, 0.3) is 11.4 Å². The topological polar surface area (TPSA) is 73.1 Å². The van der Waals surface area contributed by atoms with Crippen LogP contribution in [0.2, 0.25) is 0 Å². The van der Waals surface area contributed by atoms with Crippen molar-refractivity contribution in [2.24, 2.45) is 5.92 Å². The monoisotopic (exact) mass is 260 g/mol. The Morgan fingerprint density at radius 3 is 3.00 bits per heavy atom. The van der Waals surface area contributed by atoms with Crippen LogP contribution in [0.3, 0.4) is 0 Å². The average molecular weight is 260 g/mol. The molecule has 2 aromatic heterocycles. The summed E-state index contributed by atoms with van der Waals surface area (Å²) in [5, 5.41) is 7.26. The van der Waals surface area contributed by atoms with Crippen molar-refractivity contribution in [3.8, 4) is 17.3 Å². The second kappa shape index (κ2) is 5.36. The fourth-order valence-electron chi connectivity index (χ4n) is 1.78. The molecule has 0 radical (unpaired) electrons. The Morgan fingerprint density at radius 1 is 1.42 bits per heavy atom. The molecule has 0 atom stereocenters. The summed E-state index contributed by atoms with van der Waals surface area (Å²) in [5.74, 6) is 2.57. The van der Waals surface area contributed by atoms with Crippen molar-refractivity contribution in [2.45, 2.75) is 19.4 Å². The normalized spacial score (nSPS) is 14.6. The van der Waals surface area contributed by atoms with Gasteiger partial charge in [0.15, 0.2) is 0 Å². The van der Waals surface area contributed by atoms with Gasteiger partial charge in [0.25, 0.3) is 0 Å². The summed E-state index contributed by atoms with van der Waals surface area (Å²) in [6.45, 7) is 1.65. The van der Waals surface area contributed by atoms with E-state index in [1.807, 2.05) is 6.07 Å². The standard InChI is InChI=1S/C13H16N4O2/c1-18-11-5-4-10(7-15-11)13-16-12(19-17-13)8-14-6-9-2-3-9/h4-5,7,9,14H,2-3,6,8H2,1H3. The van der Waals surface area contributed by atoms with E-state index in [0.29, 0.717) is 24.1 Å². The minimum Gasteiger partial charge on any atom is -0.481 e. The summed E-state index contributed by atoms with van der Waals surface area (Å²) in [5.41, 5.74) is 0.818. The number of hydrogen-bond donors (Lipinski definition) is 1. The molecule has 0 unspecified atom stereocenters. The number of hydrogen-bond acceptors (Lipinski definition) is 6. The predicted octanol–water partition coefficient (Wildman–Crippen LogP) is 1.64. The molecule has 1 N–H and O–H groups in total. The Bertz CT molecular complexity index is 534. The quantitative estimate of drug-likeness (QED) is 0.851. The molecule has 3 rings (SSSR count). The zero-order valence-electron chi connectivity index (χ0n) is 10.8. The van der Waals surface area contributed by atoms with Crippen molar-refractivity contribution in [1.29, 1.82) is 0 Å². The SMILES string of the molecule is COc1ccc(-c2noc(CNCC3CC3)n2)cn1. The predicted molar refractivity (Wildman–Crippen MR) is 68.5 cm³/mol. The number of nitrogens with one attached hydrogen (secondary N) is 1. The zero-order chi connectivity index (χ0) is 13.1. The summed E-state index contributed by atoms with van der Waals surface area (Å²) in [7, 11) is 1.58. The lowest BCUT2D eigenvalue weighted by Crippen LogP contribution is -2.16. The Balaban J connectivity index is 1.61. The molecule has 0 saturated heterocycles. The minimum atomic E-state index is 0.554. The molecule has 1 aliphatic rings. The Hall–Kier alpha value is -1.95. The Morgan fingerprint density at radius 2 is 2.32 bits per heavy atom. The maximum atomic E-state index is 5.20. The van der Waals surface area contributed by atoms with E-state index in [1.165, 1.54) is 12.8 Å². The summed E-state index contributed by atoms with van der Waals surface area (Å²) < 4.78 is 10.2. The molecule has 1 saturated carbocycles. The smallest absolute Gasteiger partial charge is 0.240 e. The van der Waals surface area contributed by atoms with E-state index in [2.05, 4.69) is 20.4 Å². The van der Waals surface area contributed by atoms with E-state index in [0.717, 1.165) is 18.0 Å². The fourth-order valence-corrected chi connectivity index (χ4v) is 1.78. The van der Waals surface area contributed by atoms with Crippen molar-refractivity contribution >= 4 is 0 Å². The van der Waals surface area contributed by atoms with Crippen LogP contribution in [0.1, 0.15) is 18.7 Å². The number of aromatic nitrogens is 3.